The molecule has 0 aliphatic carbocycles. The second-order valence-electron chi connectivity index (χ2n) is 6.45. The van der Waals surface area contributed by atoms with Crippen molar-refractivity contribution in [1.29, 1.82) is 0 Å². The molecule has 0 spiro atoms. The van der Waals surface area contributed by atoms with Gasteiger partial charge in [-0.1, -0.05) is 65.7 Å². The predicted molar refractivity (Wildman–Crippen MR) is 106 cm³/mol. The van der Waals surface area contributed by atoms with Gasteiger partial charge in [0.15, 0.2) is 0 Å². The monoisotopic (exact) mass is 377 g/mol. The number of esters is 2. The van der Waals surface area contributed by atoms with Gasteiger partial charge in [-0.2, -0.15) is 0 Å². The van der Waals surface area contributed by atoms with Crippen molar-refractivity contribution in [3.05, 3.63) is 82.0 Å². The number of nitrogens with zero attached hydrogens (tertiary/aromatic N) is 1. The first kappa shape index (κ1) is 17.3. The molecule has 2 aromatic carbocycles. The van der Waals surface area contributed by atoms with Crippen LogP contribution in [0.2, 0.25) is 5.15 Å². The Bertz CT molecular complexity index is 1150. The summed E-state index contributed by atoms with van der Waals surface area (Å²) in [6.45, 7) is 2.00. The molecule has 1 aromatic heterocycles. The fraction of sp³-hybridized carbons (Fsp3) is 0.0909. The maximum Gasteiger partial charge on any atom is 0.347 e. The molecule has 0 bridgehead atoms. The third kappa shape index (κ3) is 2.88. The molecule has 1 aliphatic rings. The highest BCUT2D eigenvalue weighted by molar-refractivity contribution is 6.40. The average molecular weight is 378 g/mol. The van der Waals surface area contributed by atoms with Gasteiger partial charge in [0, 0.05) is 23.5 Å². The zero-order valence-electron chi connectivity index (χ0n) is 14.8. The molecule has 0 amide bonds. The number of aromatic nitrogens is 1. The Balaban J connectivity index is 1.91. The standard InChI is InChI=1S/C22H16ClNO3/c1-13-7-9-14(10-8-13)11-12-16-19(22(26)27-21(16)25)18-15-5-3-4-6-17(15)24(2)20(18)23/h3-12H,1-2H3/b12-11+. The molecule has 0 fully saturated rings. The normalized spacial score (nSPS) is 14.6. The number of para-hydroxylation sites is 1. The fourth-order valence-electron chi connectivity index (χ4n) is 3.25. The molecule has 1 aliphatic heterocycles. The fourth-order valence-corrected chi connectivity index (χ4v) is 3.53. The van der Waals surface area contributed by atoms with Gasteiger partial charge in [0.25, 0.3) is 0 Å². The van der Waals surface area contributed by atoms with Crippen LogP contribution in [0.5, 0.6) is 0 Å². The molecule has 0 atom stereocenters. The van der Waals surface area contributed by atoms with Gasteiger partial charge in [-0.05, 0) is 24.6 Å². The van der Waals surface area contributed by atoms with Gasteiger partial charge in [-0.15, -0.1) is 0 Å². The predicted octanol–water partition coefficient (Wildman–Crippen LogP) is 4.69. The van der Waals surface area contributed by atoms with Gasteiger partial charge in [0.1, 0.15) is 5.15 Å². The van der Waals surface area contributed by atoms with Crippen LogP contribution in [0.25, 0.3) is 22.6 Å². The molecule has 3 aromatic rings. The Morgan fingerprint density at radius 1 is 0.963 bits per heavy atom. The molecule has 0 saturated heterocycles. The summed E-state index contributed by atoms with van der Waals surface area (Å²) in [5.41, 5.74) is 3.87. The third-order valence-electron chi connectivity index (χ3n) is 4.68. The number of hydrogen-bond donors (Lipinski definition) is 0. The lowest BCUT2D eigenvalue weighted by molar-refractivity contribution is -0.150. The summed E-state index contributed by atoms with van der Waals surface area (Å²) < 4.78 is 6.68. The van der Waals surface area contributed by atoms with Crippen molar-refractivity contribution in [3.63, 3.8) is 0 Å². The molecule has 0 saturated carbocycles. The first-order chi connectivity index (χ1) is 13.0. The molecule has 5 heteroatoms. The van der Waals surface area contributed by atoms with Gasteiger partial charge in [0.05, 0.1) is 11.1 Å². The lowest BCUT2D eigenvalue weighted by Gasteiger charge is -2.01. The molecule has 27 heavy (non-hydrogen) atoms. The maximum atomic E-state index is 12.5. The SMILES string of the molecule is Cc1ccc(/C=C/C2=C(c3c(Cl)n(C)c4ccccc34)C(=O)OC2=O)cc1. The van der Waals surface area contributed by atoms with E-state index in [0.29, 0.717) is 10.7 Å². The Labute approximate surface area is 161 Å². The molecule has 2 heterocycles. The molecule has 4 rings (SSSR count). The van der Waals surface area contributed by atoms with Gasteiger partial charge in [-0.25, -0.2) is 9.59 Å². The zero-order valence-corrected chi connectivity index (χ0v) is 15.6. The Morgan fingerprint density at radius 3 is 2.41 bits per heavy atom. The van der Waals surface area contributed by atoms with Crippen LogP contribution >= 0.6 is 11.6 Å². The van der Waals surface area contributed by atoms with Gasteiger partial charge in [-0.3, -0.25) is 0 Å². The van der Waals surface area contributed by atoms with E-state index in [1.807, 2.05) is 62.5 Å². The van der Waals surface area contributed by atoms with E-state index in [2.05, 4.69) is 0 Å². The van der Waals surface area contributed by atoms with Crippen LogP contribution in [-0.4, -0.2) is 16.5 Å². The lowest BCUT2D eigenvalue weighted by atomic mass is 10.00. The minimum absolute atomic E-state index is 0.199. The van der Waals surface area contributed by atoms with Crippen LogP contribution in [0.15, 0.2) is 60.2 Å². The highest BCUT2D eigenvalue weighted by atomic mass is 35.5. The molecule has 0 unspecified atom stereocenters. The number of halogens is 1. The topological polar surface area (TPSA) is 48.3 Å². The lowest BCUT2D eigenvalue weighted by Crippen LogP contribution is -2.02. The van der Waals surface area contributed by atoms with Crippen molar-refractivity contribution in [2.75, 3.05) is 0 Å². The molecule has 134 valence electrons. The summed E-state index contributed by atoms with van der Waals surface area (Å²) in [5, 5.41) is 1.19. The van der Waals surface area contributed by atoms with Gasteiger partial charge < -0.3 is 9.30 Å². The highest BCUT2D eigenvalue weighted by Crippen LogP contribution is 2.39. The molecular weight excluding hydrogens is 362 g/mol. The number of benzene rings is 2. The van der Waals surface area contributed by atoms with E-state index in [1.54, 1.807) is 16.7 Å². The number of hydrogen-bond acceptors (Lipinski definition) is 3. The summed E-state index contributed by atoms with van der Waals surface area (Å²) in [7, 11) is 1.82. The van der Waals surface area contributed by atoms with E-state index < -0.39 is 11.9 Å². The van der Waals surface area contributed by atoms with Crippen molar-refractivity contribution >= 4 is 46.1 Å². The maximum absolute atomic E-state index is 12.5. The van der Waals surface area contributed by atoms with Crippen LogP contribution < -0.4 is 0 Å². The van der Waals surface area contributed by atoms with Crippen LogP contribution in [-0.2, 0) is 21.4 Å². The van der Waals surface area contributed by atoms with E-state index in [4.69, 9.17) is 16.3 Å². The molecule has 0 N–H and O–H groups in total. The number of aryl methyl sites for hydroxylation is 2. The van der Waals surface area contributed by atoms with Gasteiger partial charge in [0.2, 0.25) is 0 Å². The first-order valence-corrected chi connectivity index (χ1v) is 8.84. The smallest absolute Gasteiger partial charge is 0.347 e. The largest absolute Gasteiger partial charge is 0.386 e. The zero-order chi connectivity index (χ0) is 19.1. The second-order valence-corrected chi connectivity index (χ2v) is 6.81. The van der Waals surface area contributed by atoms with Crippen LogP contribution in [0.4, 0.5) is 0 Å². The van der Waals surface area contributed by atoms with Crippen molar-refractivity contribution in [2.24, 2.45) is 7.05 Å². The van der Waals surface area contributed by atoms with Crippen molar-refractivity contribution < 1.29 is 14.3 Å². The second kappa shape index (κ2) is 6.56. The van der Waals surface area contributed by atoms with Crippen LogP contribution in [0.3, 0.4) is 0 Å². The Hall–Kier alpha value is -3.11. The van der Waals surface area contributed by atoms with Gasteiger partial charge >= 0.3 is 11.9 Å². The Morgan fingerprint density at radius 2 is 1.67 bits per heavy atom. The average Bonchev–Trinajstić information content (AvgIpc) is 3.07. The molecular formula is C22H16ClNO3. The van der Waals surface area contributed by atoms with Crippen LogP contribution in [0, 0.1) is 6.92 Å². The summed E-state index contributed by atoms with van der Waals surface area (Å²) in [5.74, 6) is -1.34. The number of fused-ring (bicyclic) bond motifs is 1. The quantitative estimate of drug-likeness (QED) is 0.491. The van der Waals surface area contributed by atoms with Crippen molar-refractivity contribution in [2.45, 2.75) is 6.92 Å². The van der Waals surface area contributed by atoms with E-state index in [9.17, 15) is 9.59 Å². The number of carbonyl (C=O) groups excluding carboxylic acids is 2. The highest BCUT2D eigenvalue weighted by Gasteiger charge is 2.35. The van der Waals surface area contributed by atoms with E-state index in [0.717, 1.165) is 22.0 Å². The third-order valence-corrected chi connectivity index (χ3v) is 5.13. The summed E-state index contributed by atoms with van der Waals surface area (Å²) in [6.07, 6.45) is 3.40. The Kier molecular flexibility index (Phi) is 4.21. The number of carbonyl (C=O) groups is 2. The van der Waals surface area contributed by atoms with Crippen molar-refractivity contribution in [1.82, 2.24) is 4.57 Å². The van der Waals surface area contributed by atoms with E-state index in [1.165, 1.54) is 0 Å². The van der Waals surface area contributed by atoms with E-state index >= 15 is 0 Å². The minimum atomic E-state index is -0.679. The first-order valence-electron chi connectivity index (χ1n) is 8.46. The summed E-state index contributed by atoms with van der Waals surface area (Å²) in [6, 6.07) is 15.4. The number of rotatable bonds is 3. The summed E-state index contributed by atoms with van der Waals surface area (Å²) in [4.78, 5) is 24.7. The van der Waals surface area contributed by atoms with E-state index in [-0.39, 0.29) is 11.1 Å². The summed E-state index contributed by atoms with van der Waals surface area (Å²) >= 11 is 6.52. The molecule has 4 nitrogen and oxygen atoms in total. The van der Waals surface area contributed by atoms with Crippen LogP contribution in [0.1, 0.15) is 16.7 Å². The number of cyclic esters (lactones) is 2. The molecule has 0 radical (unpaired) electrons. The van der Waals surface area contributed by atoms with Crippen molar-refractivity contribution in [3.8, 4) is 0 Å². The number of ether oxygens (including phenoxy) is 1. The minimum Gasteiger partial charge on any atom is -0.386 e.